The summed E-state index contributed by atoms with van der Waals surface area (Å²) in [4.78, 5) is 2.92. The summed E-state index contributed by atoms with van der Waals surface area (Å²) in [5.41, 5.74) is 1.78. The van der Waals surface area contributed by atoms with Gasteiger partial charge in [-0.1, -0.05) is 28.1 Å². The second-order valence-corrected chi connectivity index (χ2v) is 4.01. The number of aromatic amines is 1. The number of H-pyrrole nitrogens is 1. The highest BCUT2D eigenvalue weighted by Crippen LogP contribution is 2.22. The van der Waals surface area contributed by atoms with Crippen molar-refractivity contribution >= 4 is 15.9 Å². The molecule has 1 aromatic carbocycles. The minimum atomic E-state index is -0.547. The maximum atomic E-state index is 9.94. The molecule has 0 saturated carbocycles. The summed E-state index contributed by atoms with van der Waals surface area (Å²) in [5.74, 6) is 0. The van der Waals surface area contributed by atoms with Crippen LogP contribution in [0, 0.1) is 0 Å². The Bertz CT molecular complexity index is 394. The molecule has 0 fully saturated rings. The number of halogens is 1. The molecule has 72 valence electrons. The van der Waals surface area contributed by atoms with Crippen molar-refractivity contribution in [2.24, 2.45) is 0 Å². The van der Waals surface area contributed by atoms with E-state index in [4.69, 9.17) is 0 Å². The molecule has 2 aromatic rings. The van der Waals surface area contributed by atoms with Gasteiger partial charge in [0.15, 0.2) is 0 Å². The summed E-state index contributed by atoms with van der Waals surface area (Å²) in [6.45, 7) is 0. The molecular weight excluding hydrogens is 242 g/mol. The molecule has 0 saturated heterocycles. The van der Waals surface area contributed by atoms with Gasteiger partial charge in [0, 0.05) is 22.4 Å². The Hall–Kier alpha value is -1.06. The lowest BCUT2D eigenvalue weighted by molar-refractivity contribution is 0.220. The first kappa shape index (κ1) is 9.49. The fourth-order valence-electron chi connectivity index (χ4n) is 1.34. The predicted molar refractivity (Wildman–Crippen MR) is 59.0 cm³/mol. The summed E-state index contributed by atoms with van der Waals surface area (Å²) in [6, 6.07) is 9.52. The lowest BCUT2D eigenvalue weighted by Gasteiger charge is -2.08. The fraction of sp³-hybridized carbons (Fsp3) is 0.0909. The maximum Gasteiger partial charge on any atom is 0.106 e. The van der Waals surface area contributed by atoms with Crippen LogP contribution in [0.4, 0.5) is 0 Å². The Labute approximate surface area is 90.7 Å². The highest BCUT2D eigenvalue weighted by Gasteiger charge is 2.09. The van der Waals surface area contributed by atoms with Gasteiger partial charge in [-0.2, -0.15) is 0 Å². The van der Waals surface area contributed by atoms with Gasteiger partial charge in [0.05, 0.1) is 0 Å². The Balaban J connectivity index is 2.28. The van der Waals surface area contributed by atoms with Crippen molar-refractivity contribution in [2.45, 2.75) is 6.10 Å². The van der Waals surface area contributed by atoms with Gasteiger partial charge >= 0.3 is 0 Å². The SMILES string of the molecule is OC(c1ccc(Br)cc1)c1cc[nH]c1. The summed E-state index contributed by atoms with van der Waals surface area (Å²) in [5, 5.41) is 9.94. The molecule has 0 radical (unpaired) electrons. The third-order valence-electron chi connectivity index (χ3n) is 2.12. The molecule has 3 heteroatoms. The van der Waals surface area contributed by atoms with Crippen LogP contribution in [0.1, 0.15) is 17.2 Å². The zero-order valence-electron chi connectivity index (χ0n) is 7.44. The van der Waals surface area contributed by atoms with Crippen LogP contribution in [-0.4, -0.2) is 10.1 Å². The third kappa shape index (κ3) is 1.89. The Morgan fingerprint density at radius 2 is 1.79 bits per heavy atom. The largest absolute Gasteiger partial charge is 0.384 e. The van der Waals surface area contributed by atoms with Crippen molar-refractivity contribution in [3.63, 3.8) is 0 Å². The standard InChI is InChI=1S/C11H10BrNO/c12-10-3-1-8(2-4-10)11(14)9-5-6-13-7-9/h1-7,11,13-14H. The summed E-state index contributed by atoms with van der Waals surface area (Å²) in [7, 11) is 0. The number of nitrogens with one attached hydrogen (secondary N) is 1. The monoisotopic (exact) mass is 251 g/mol. The van der Waals surface area contributed by atoms with E-state index >= 15 is 0 Å². The topological polar surface area (TPSA) is 36.0 Å². The zero-order chi connectivity index (χ0) is 9.97. The van der Waals surface area contributed by atoms with E-state index in [9.17, 15) is 5.11 Å². The van der Waals surface area contributed by atoms with E-state index in [1.165, 1.54) is 0 Å². The lowest BCUT2D eigenvalue weighted by atomic mass is 10.0. The first-order valence-corrected chi connectivity index (χ1v) is 5.13. The molecule has 0 aliphatic carbocycles. The lowest BCUT2D eigenvalue weighted by Crippen LogP contribution is -1.97. The van der Waals surface area contributed by atoms with Gasteiger partial charge in [-0.25, -0.2) is 0 Å². The van der Waals surface area contributed by atoms with Gasteiger partial charge in [-0.15, -0.1) is 0 Å². The number of hydrogen-bond donors (Lipinski definition) is 2. The van der Waals surface area contributed by atoms with E-state index in [0.717, 1.165) is 15.6 Å². The molecule has 1 unspecified atom stereocenters. The molecule has 0 bridgehead atoms. The quantitative estimate of drug-likeness (QED) is 0.847. The predicted octanol–water partition coefficient (Wildman–Crippen LogP) is 2.86. The molecule has 0 spiro atoms. The summed E-state index contributed by atoms with van der Waals surface area (Å²) in [6.07, 6.45) is 3.05. The minimum absolute atomic E-state index is 0.547. The van der Waals surface area contributed by atoms with Gasteiger partial charge < -0.3 is 10.1 Å². The van der Waals surface area contributed by atoms with Gasteiger partial charge in [-0.3, -0.25) is 0 Å². The molecule has 14 heavy (non-hydrogen) atoms. The average molecular weight is 252 g/mol. The van der Waals surface area contributed by atoms with Crippen LogP contribution in [0.3, 0.4) is 0 Å². The zero-order valence-corrected chi connectivity index (χ0v) is 9.03. The Kier molecular flexibility index (Phi) is 2.70. The number of rotatable bonds is 2. The number of aromatic nitrogens is 1. The molecule has 2 N–H and O–H groups in total. The van der Waals surface area contributed by atoms with Gasteiger partial charge in [-0.05, 0) is 23.8 Å². The van der Waals surface area contributed by atoms with E-state index in [0.29, 0.717) is 0 Å². The smallest absolute Gasteiger partial charge is 0.106 e. The van der Waals surface area contributed by atoms with Gasteiger partial charge in [0.2, 0.25) is 0 Å². The molecular formula is C11H10BrNO. The van der Waals surface area contributed by atoms with Crippen molar-refractivity contribution in [3.05, 3.63) is 58.3 Å². The molecule has 1 aromatic heterocycles. The van der Waals surface area contributed by atoms with Crippen LogP contribution < -0.4 is 0 Å². The number of benzene rings is 1. The second kappa shape index (κ2) is 3.98. The second-order valence-electron chi connectivity index (χ2n) is 3.10. The molecule has 2 rings (SSSR count). The van der Waals surface area contributed by atoms with Crippen LogP contribution in [0.25, 0.3) is 0 Å². The molecule has 0 aliphatic heterocycles. The first-order valence-electron chi connectivity index (χ1n) is 4.33. The number of hydrogen-bond acceptors (Lipinski definition) is 1. The maximum absolute atomic E-state index is 9.94. The highest BCUT2D eigenvalue weighted by atomic mass is 79.9. The van der Waals surface area contributed by atoms with Crippen LogP contribution in [-0.2, 0) is 0 Å². The van der Waals surface area contributed by atoms with Crippen LogP contribution >= 0.6 is 15.9 Å². The first-order chi connectivity index (χ1) is 6.77. The Morgan fingerprint density at radius 3 is 2.36 bits per heavy atom. The van der Waals surface area contributed by atoms with Crippen molar-refractivity contribution in [2.75, 3.05) is 0 Å². The van der Waals surface area contributed by atoms with Gasteiger partial charge in [0.25, 0.3) is 0 Å². The Morgan fingerprint density at radius 1 is 1.07 bits per heavy atom. The van der Waals surface area contributed by atoms with Gasteiger partial charge in [0.1, 0.15) is 6.10 Å². The number of aliphatic hydroxyl groups is 1. The van der Waals surface area contributed by atoms with Crippen molar-refractivity contribution < 1.29 is 5.11 Å². The van der Waals surface area contributed by atoms with Crippen molar-refractivity contribution in [1.29, 1.82) is 0 Å². The van der Waals surface area contributed by atoms with Crippen molar-refractivity contribution in [3.8, 4) is 0 Å². The molecule has 0 amide bonds. The minimum Gasteiger partial charge on any atom is -0.384 e. The van der Waals surface area contributed by atoms with E-state index < -0.39 is 6.10 Å². The fourth-order valence-corrected chi connectivity index (χ4v) is 1.61. The summed E-state index contributed by atoms with van der Waals surface area (Å²) < 4.78 is 1.02. The van der Waals surface area contributed by atoms with Crippen molar-refractivity contribution in [1.82, 2.24) is 4.98 Å². The molecule has 0 aliphatic rings. The van der Waals surface area contributed by atoms with E-state index in [2.05, 4.69) is 20.9 Å². The van der Waals surface area contributed by atoms with E-state index in [-0.39, 0.29) is 0 Å². The molecule has 1 heterocycles. The highest BCUT2D eigenvalue weighted by molar-refractivity contribution is 9.10. The molecule has 1 atom stereocenters. The van der Waals surface area contributed by atoms with E-state index in [1.54, 1.807) is 12.4 Å². The van der Waals surface area contributed by atoms with Crippen LogP contribution in [0.2, 0.25) is 0 Å². The molecule has 2 nitrogen and oxygen atoms in total. The van der Waals surface area contributed by atoms with E-state index in [1.807, 2.05) is 30.3 Å². The normalized spacial score (nSPS) is 12.7. The third-order valence-corrected chi connectivity index (χ3v) is 2.65. The number of aliphatic hydroxyl groups excluding tert-OH is 1. The van der Waals surface area contributed by atoms with Crippen LogP contribution in [0.15, 0.2) is 47.2 Å². The summed E-state index contributed by atoms with van der Waals surface area (Å²) >= 11 is 3.36. The van der Waals surface area contributed by atoms with Crippen LogP contribution in [0.5, 0.6) is 0 Å². The average Bonchev–Trinajstić information content (AvgIpc) is 2.71.